The molecule has 0 amide bonds. The fraction of sp³-hybridized carbons (Fsp3) is 0.333. The maximum Gasteiger partial charge on any atom is 0.137 e. The molecule has 0 aliphatic carbocycles. The van der Waals surface area contributed by atoms with Gasteiger partial charge in [-0.15, -0.1) is 0 Å². The minimum atomic E-state index is -0.0354. The van der Waals surface area contributed by atoms with Gasteiger partial charge in [-0.3, -0.25) is 0 Å². The van der Waals surface area contributed by atoms with Crippen LogP contribution in [0, 0.1) is 13.8 Å². The van der Waals surface area contributed by atoms with Crippen molar-refractivity contribution >= 4 is 11.0 Å². The second kappa shape index (κ2) is 5.78. The summed E-state index contributed by atoms with van der Waals surface area (Å²) in [5, 5.41) is 4.66. The Labute approximate surface area is 124 Å². The van der Waals surface area contributed by atoms with E-state index < -0.39 is 0 Å². The zero-order chi connectivity index (χ0) is 14.8. The van der Waals surface area contributed by atoms with E-state index >= 15 is 0 Å². The fourth-order valence-electron chi connectivity index (χ4n) is 2.66. The van der Waals surface area contributed by atoms with Gasteiger partial charge in [-0.25, -0.2) is 0 Å². The Kier molecular flexibility index (Phi) is 3.84. The molecule has 110 valence electrons. The average molecular weight is 283 g/mol. The topological polar surface area (TPSA) is 38.3 Å². The van der Waals surface area contributed by atoms with Crippen LogP contribution in [0.2, 0.25) is 0 Å². The van der Waals surface area contributed by atoms with Crippen molar-refractivity contribution in [1.29, 1.82) is 0 Å². The van der Waals surface area contributed by atoms with Crippen LogP contribution in [0.25, 0.3) is 11.0 Å². The molecule has 0 saturated heterocycles. The van der Waals surface area contributed by atoms with E-state index in [0.29, 0.717) is 0 Å². The van der Waals surface area contributed by atoms with Crippen LogP contribution in [-0.4, -0.2) is 6.54 Å². The molecule has 0 bridgehead atoms. The first kappa shape index (κ1) is 14.0. The summed E-state index contributed by atoms with van der Waals surface area (Å²) >= 11 is 0. The molecule has 2 aromatic heterocycles. The van der Waals surface area contributed by atoms with Crippen LogP contribution >= 0.6 is 0 Å². The Hall–Kier alpha value is -2.00. The summed E-state index contributed by atoms with van der Waals surface area (Å²) in [7, 11) is 0. The Morgan fingerprint density at radius 3 is 2.67 bits per heavy atom. The second-order valence-corrected chi connectivity index (χ2v) is 5.50. The van der Waals surface area contributed by atoms with Gasteiger partial charge in [0.15, 0.2) is 0 Å². The zero-order valence-corrected chi connectivity index (χ0v) is 12.8. The van der Waals surface area contributed by atoms with E-state index in [2.05, 4.69) is 50.4 Å². The molecule has 21 heavy (non-hydrogen) atoms. The molecule has 1 atom stereocenters. The lowest BCUT2D eigenvalue weighted by Gasteiger charge is -2.14. The maximum absolute atomic E-state index is 6.11. The highest BCUT2D eigenvalue weighted by Gasteiger charge is 2.22. The molecular weight excluding hydrogens is 262 g/mol. The van der Waals surface area contributed by atoms with E-state index in [9.17, 15) is 0 Å². The monoisotopic (exact) mass is 283 g/mol. The normalized spacial score (nSPS) is 12.9. The van der Waals surface area contributed by atoms with Crippen LogP contribution in [-0.2, 0) is 0 Å². The van der Waals surface area contributed by atoms with Crippen LogP contribution in [0.1, 0.15) is 42.0 Å². The molecule has 3 nitrogen and oxygen atoms in total. The lowest BCUT2D eigenvalue weighted by Crippen LogP contribution is -2.22. The average Bonchev–Trinajstić information content (AvgIpc) is 3.07. The van der Waals surface area contributed by atoms with Crippen LogP contribution < -0.4 is 5.32 Å². The van der Waals surface area contributed by atoms with Crippen molar-refractivity contribution in [2.75, 3.05) is 6.54 Å². The Morgan fingerprint density at radius 1 is 1.14 bits per heavy atom. The van der Waals surface area contributed by atoms with E-state index in [1.807, 2.05) is 6.07 Å². The number of rotatable bonds is 5. The fourth-order valence-corrected chi connectivity index (χ4v) is 2.66. The molecule has 3 rings (SSSR count). The third-order valence-electron chi connectivity index (χ3n) is 3.81. The predicted octanol–water partition coefficient (Wildman–Crippen LogP) is 4.73. The molecule has 3 heteroatoms. The molecular formula is C18H21NO2. The molecule has 0 radical (unpaired) electrons. The number of hydrogen-bond donors (Lipinski definition) is 1. The van der Waals surface area contributed by atoms with Crippen molar-refractivity contribution in [3.8, 4) is 0 Å². The molecule has 0 aliphatic rings. The number of benzene rings is 1. The van der Waals surface area contributed by atoms with Gasteiger partial charge >= 0.3 is 0 Å². The summed E-state index contributed by atoms with van der Waals surface area (Å²) in [6.07, 6.45) is 2.80. The van der Waals surface area contributed by atoms with Crippen LogP contribution in [0.4, 0.5) is 0 Å². The minimum Gasteiger partial charge on any atom is -0.467 e. The first-order valence-corrected chi connectivity index (χ1v) is 7.47. The Balaban J connectivity index is 2.05. The summed E-state index contributed by atoms with van der Waals surface area (Å²) < 4.78 is 11.8. The summed E-state index contributed by atoms with van der Waals surface area (Å²) in [6, 6.07) is 10.3. The number of nitrogens with one attached hydrogen (secondary N) is 1. The van der Waals surface area contributed by atoms with Gasteiger partial charge in [0.1, 0.15) is 23.1 Å². The molecule has 3 aromatic rings. The molecule has 0 saturated carbocycles. The van der Waals surface area contributed by atoms with Crippen molar-refractivity contribution in [3.63, 3.8) is 0 Å². The van der Waals surface area contributed by atoms with Gasteiger partial charge in [-0.05, 0) is 50.1 Å². The first-order valence-electron chi connectivity index (χ1n) is 7.47. The van der Waals surface area contributed by atoms with Gasteiger partial charge in [0.2, 0.25) is 0 Å². The van der Waals surface area contributed by atoms with Crippen molar-refractivity contribution in [1.82, 2.24) is 5.32 Å². The molecule has 1 N–H and O–H groups in total. The van der Waals surface area contributed by atoms with Crippen molar-refractivity contribution in [3.05, 3.63) is 59.2 Å². The molecule has 0 fully saturated rings. The van der Waals surface area contributed by atoms with Gasteiger partial charge in [0.05, 0.1) is 6.26 Å². The standard InChI is InChI=1S/C18H21NO2/c1-4-9-19-16(18-13(3)8-10-20-18)15-11-14-7-5-6-12(2)17(14)21-15/h5-8,10-11,16,19H,4,9H2,1-3H3. The maximum atomic E-state index is 6.11. The van der Waals surface area contributed by atoms with Gasteiger partial charge in [-0.2, -0.15) is 0 Å². The SMILES string of the molecule is CCCNC(c1cc2cccc(C)c2o1)c1occc1C. The third kappa shape index (κ3) is 2.61. The van der Waals surface area contributed by atoms with Crippen molar-refractivity contribution in [2.45, 2.75) is 33.2 Å². The second-order valence-electron chi connectivity index (χ2n) is 5.50. The quantitative estimate of drug-likeness (QED) is 0.735. The lowest BCUT2D eigenvalue weighted by molar-refractivity contribution is 0.397. The number of aryl methyl sites for hydroxylation is 2. The summed E-state index contributed by atoms with van der Waals surface area (Å²) in [5.74, 6) is 1.84. The molecule has 0 spiro atoms. The van der Waals surface area contributed by atoms with Gasteiger partial charge in [-0.1, -0.05) is 25.1 Å². The van der Waals surface area contributed by atoms with E-state index in [0.717, 1.165) is 46.6 Å². The van der Waals surface area contributed by atoms with Gasteiger partial charge < -0.3 is 14.2 Å². The summed E-state index contributed by atoms with van der Waals surface area (Å²) in [5.41, 5.74) is 3.25. The molecule has 0 aliphatic heterocycles. The lowest BCUT2D eigenvalue weighted by atomic mass is 10.1. The predicted molar refractivity (Wildman–Crippen MR) is 84.5 cm³/mol. The van der Waals surface area contributed by atoms with Gasteiger partial charge in [0, 0.05) is 5.39 Å². The number of fused-ring (bicyclic) bond motifs is 1. The Bertz CT molecular complexity index is 739. The summed E-state index contributed by atoms with van der Waals surface area (Å²) in [6.45, 7) is 7.21. The largest absolute Gasteiger partial charge is 0.467 e. The van der Waals surface area contributed by atoms with Crippen LogP contribution in [0.5, 0.6) is 0 Å². The van der Waals surface area contributed by atoms with Crippen LogP contribution in [0.15, 0.2) is 45.4 Å². The third-order valence-corrected chi connectivity index (χ3v) is 3.81. The molecule has 1 aromatic carbocycles. The highest BCUT2D eigenvalue weighted by Crippen LogP contribution is 2.31. The molecule has 2 heterocycles. The number of hydrogen-bond acceptors (Lipinski definition) is 3. The summed E-state index contributed by atoms with van der Waals surface area (Å²) in [4.78, 5) is 0. The molecule has 1 unspecified atom stereocenters. The Morgan fingerprint density at radius 2 is 2.00 bits per heavy atom. The minimum absolute atomic E-state index is 0.0354. The highest BCUT2D eigenvalue weighted by atomic mass is 16.4. The number of furan rings is 2. The number of para-hydroxylation sites is 1. The van der Waals surface area contributed by atoms with E-state index in [1.54, 1.807) is 6.26 Å². The van der Waals surface area contributed by atoms with E-state index in [-0.39, 0.29) is 6.04 Å². The van der Waals surface area contributed by atoms with E-state index in [1.165, 1.54) is 0 Å². The first-order chi connectivity index (χ1) is 10.2. The van der Waals surface area contributed by atoms with Crippen LogP contribution in [0.3, 0.4) is 0 Å². The van der Waals surface area contributed by atoms with Crippen molar-refractivity contribution in [2.24, 2.45) is 0 Å². The smallest absolute Gasteiger partial charge is 0.137 e. The van der Waals surface area contributed by atoms with Gasteiger partial charge in [0.25, 0.3) is 0 Å². The van der Waals surface area contributed by atoms with E-state index in [4.69, 9.17) is 8.83 Å². The highest BCUT2D eigenvalue weighted by molar-refractivity contribution is 5.81. The zero-order valence-electron chi connectivity index (χ0n) is 12.8. The van der Waals surface area contributed by atoms with Crippen molar-refractivity contribution < 1.29 is 8.83 Å².